The van der Waals surface area contributed by atoms with Crippen LogP contribution in [0, 0.1) is 0 Å². The molecule has 0 N–H and O–H groups in total. The molecule has 0 atom stereocenters. The smallest absolute Gasteiger partial charge is 0.153 e. The Hall–Kier alpha value is -1.51. The van der Waals surface area contributed by atoms with Crippen molar-refractivity contribution >= 4 is 6.29 Å². The average molecular weight is 180 g/mol. The highest BCUT2D eigenvalue weighted by Crippen LogP contribution is 2.22. The topological polar surface area (TPSA) is 35.5 Å². The Morgan fingerprint density at radius 3 is 2.77 bits per heavy atom. The number of ether oxygens (including phenoxy) is 2. The fourth-order valence-electron chi connectivity index (χ4n) is 1.03. The van der Waals surface area contributed by atoms with Gasteiger partial charge in [0.15, 0.2) is 6.29 Å². The first-order valence-corrected chi connectivity index (χ1v) is 4.07. The molecule has 3 heteroatoms. The highest BCUT2D eigenvalue weighted by atomic mass is 16.5. The SMILES string of the molecule is CCOc1ccc(OC)cc1C=O. The van der Waals surface area contributed by atoms with Crippen LogP contribution >= 0.6 is 0 Å². The Labute approximate surface area is 77.3 Å². The molecule has 1 rings (SSSR count). The van der Waals surface area contributed by atoms with Gasteiger partial charge in [-0.3, -0.25) is 4.79 Å². The Morgan fingerprint density at radius 2 is 2.23 bits per heavy atom. The lowest BCUT2D eigenvalue weighted by molar-refractivity contribution is 0.111. The molecule has 0 aromatic heterocycles. The molecule has 0 unspecified atom stereocenters. The molecule has 0 radical (unpaired) electrons. The third-order valence-electron chi connectivity index (χ3n) is 1.64. The molecular formula is C10H12O3. The van der Waals surface area contributed by atoms with Gasteiger partial charge in [-0.05, 0) is 25.1 Å². The van der Waals surface area contributed by atoms with Crippen LogP contribution in [-0.2, 0) is 0 Å². The molecular weight excluding hydrogens is 168 g/mol. The summed E-state index contributed by atoms with van der Waals surface area (Å²) in [5.41, 5.74) is 0.515. The van der Waals surface area contributed by atoms with E-state index in [-0.39, 0.29) is 0 Å². The molecule has 0 amide bonds. The van der Waals surface area contributed by atoms with Crippen molar-refractivity contribution in [3.8, 4) is 11.5 Å². The van der Waals surface area contributed by atoms with Gasteiger partial charge in [-0.25, -0.2) is 0 Å². The average Bonchev–Trinajstić information content (AvgIpc) is 2.19. The summed E-state index contributed by atoms with van der Waals surface area (Å²) in [7, 11) is 1.56. The second-order valence-electron chi connectivity index (χ2n) is 2.45. The first-order chi connectivity index (χ1) is 6.31. The lowest BCUT2D eigenvalue weighted by Crippen LogP contribution is -1.96. The normalized spacial score (nSPS) is 9.38. The maximum atomic E-state index is 10.6. The van der Waals surface area contributed by atoms with Gasteiger partial charge in [-0.2, -0.15) is 0 Å². The van der Waals surface area contributed by atoms with Crippen molar-refractivity contribution in [3.05, 3.63) is 23.8 Å². The summed E-state index contributed by atoms with van der Waals surface area (Å²) < 4.78 is 10.2. The van der Waals surface area contributed by atoms with Gasteiger partial charge in [0, 0.05) is 0 Å². The molecule has 0 fully saturated rings. The van der Waals surface area contributed by atoms with Gasteiger partial charge in [0.2, 0.25) is 0 Å². The van der Waals surface area contributed by atoms with Crippen molar-refractivity contribution < 1.29 is 14.3 Å². The van der Waals surface area contributed by atoms with Crippen molar-refractivity contribution in [2.24, 2.45) is 0 Å². The second kappa shape index (κ2) is 4.50. The van der Waals surface area contributed by atoms with E-state index in [1.54, 1.807) is 25.3 Å². The van der Waals surface area contributed by atoms with Crippen molar-refractivity contribution in [2.75, 3.05) is 13.7 Å². The first-order valence-electron chi connectivity index (χ1n) is 4.07. The van der Waals surface area contributed by atoms with Crippen molar-refractivity contribution in [1.82, 2.24) is 0 Å². The lowest BCUT2D eigenvalue weighted by atomic mass is 10.2. The highest BCUT2D eigenvalue weighted by Gasteiger charge is 2.03. The predicted molar refractivity (Wildman–Crippen MR) is 49.6 cm³/mol. The standard InChI is InChI=1S/C10H12O3/c1-3-13-10-5-4-9(12-2)6-8(10)7-11/h4-7H,3H2,1-2H3. The fourth-order valence-corrected chi connectivity index (χ4v) is 1.03. The number of hydrogen-bond acceptors (Lipinski definition) is 3. The van der Waals surface area contributed by atoms with Crippen LogP contribution in [0.1, 0.15) is 17.3 Å². The van der Waals surface area contributed by atoms with Gasteiger partial charge >= 0.3 is 0 Å². The molecule has 0 aliphatic rings. The summed E-state index contributed by atoms with van der Waals surface area (Å²) in [6.07, 6.45) is 0.757. The lowest BCUT2D eigenvalue weighted by Gasteiger charge is -2.07. The van der Waals surface area contributed by atoms with E-state index in [0.717, 1.165) is 6.29 Å². The molecule has 0 aliphatic heterocycles. The van der Waals surface area contributed by atoms with Gasteiger partial charge in [0.05, 0.1) is 19.3 Å². The van der Waals surface area contributed by atoms with Gasteiger partial charge in [-0.15, -0.1) is 0 Å². The number of hydrogen-bond donors (Lipinski definition) is 0. The summed E-state index contributed by atoms with van der Waals surface area (Å²) in [5, 5.41) is 0. The monoisotopic (exact) mass is 180 g/mol. The van der Waals surface area contributed by atoms with Gasteiger partial charge in [0.1, 0.15) is 11.5 Å². The number of rotatable bonds is 4. The molecule has 0 bridgehead atoms. The molecule has 0 spiro atoms. The van der Waals surface area contributed by atoms with E-state index in [2.05, 4.69) is 0 Å². The molecule has 1 aromatic carbocycles. The predicted octanol–water partition coefficient (Wildman–Crippen LogP) is 1.91. The first kappa shape index (κ1) is 9.58. The minimum absolute atomic E-state index is 0.515. The molecule has 1 aromatic rings. The van der Waals surface area contributed by atoms with Crippen molar-refractivity contribution in [1.29, 1.82) is 0 Å². The van der Waals surface area contributed by atoms with Gasteiger partial charge in [-0.1, -0.05) is 0 Å². The van der Waals surface area contributed by atoms with E-state index in [4.69, 9.17) is 9.47 Å². The van der Waals surface area contributed by atoms with E-state index in [0.29, 0.717) is 23.7 Å². The molecule has 0 heterocycles. The summed E-state index contributed by atoms with van der Waals surface area (Å²) in [6, 6.07) is 5.14. The fraction of sp³-hybridized carbons (Fsp3) is 0.300. The second-order valence-corrected chi connectivity index (χ2v) is 2.45. The van der Waals surface area contributed by atoms with Crippen LogP contribution < -0.4 is 9.47 Å². The number of carbonyl (C=O) groups is 1. The summed E-state index contributed by atoms with van der Waals surface area (Å²) >= 11 is 0. The molecule has 3 nitrogen and oxygen atoms in total. The molecule has 70 valence electrons. The quantitative estimate of drug-likeness (QED) is 0.664. The van der Waals surface area contributed by atoms with Crippen LogP contribution in [0.3, 0.4) is 0 Å². The Kier molecular flexibility index (Phi) is 3.31. The van der Waals surface area contributed by atoms with Crippen LogP contribution in [0.4, 0.5) is 0 Å². The maximum Gasteiger partial charge on any atom is 0.153 e. The number of aldehydes is 1. The zero-order valence-electron chi connectivity index (χ0n) is 7.74. The highest BCUT2D eigenvalue weighted by molar-refractivity contribution is 5.80. The third kappa shape index (κ3) is 2.21. The molecule has 0 aliphatic carbocycles. The molecule has 0 saturated carbocycles. The zero-order valence-corrected chi connectivity index (χ0v) is 7.74. The summed E-state index contributed by atoms with van der Waals surface area (Å²) in [4.78, 5) is 10.6. The van der Waals surface area contributed by atoms with Crippen LogP contribution in [0.15, 0.2) is 18.2 Å². The third-order valence-corrected chi connectivity index (χ3v) is 1.64. The minimum Gasteiger partial charge on any atom is -0.497 e. The van der Waals surface area contributed by atoms with Crippen LogP contribution in [-0.4, -0.2) is 20.0 Å². The van der Waals surface area contributed by atoms with E-state index in [1.807, 2.05) is 6.92 Å². The number of carbonyl (C=O) groups excluding carboxylic acids is 1. The van der Waals surface area contributed by atoms with Gasteiger partial charge in [0.25, 0.3) is 0 Å². The molecule has 0 saturated heterocycles. The number of benzene rings is 1. The van der Waals surface area contributed by atoms with Crippen LogP contribution in [0.5, 0.6) is 11.5 Å². The van der Waals surface area contributed by atoms with Crippen LogP contribution in [0.25, 0.3) is 0 Å². The maximum absolute atomic E-state index is 10.6. The summed E-state index contributed by atoms with van der Waals surface area (Å²) in [5.74, 6) is 1.25. The van der Waals surface area contributed by atoms with E-state index in [1.165, 1.54) is 0 Å². The van der Waals surface area contributed by atoms with Gasteiger partial charge < -0.3 is 9.47 Å². The zero-order chi connectivity index (χ0) is 9.68. The number of methoxy groups -OCH3 is 1. The summed E-state index contributed by atoms with van der Waals surface area (Å²) in [6.45, 7) is 2.42. The Balaban J connectivity index is 3.00. The van der Waals surface area contributed by atoms with Crippen molar-refractivity contribution in [2.45, 2.75) is 6.92 Å². The Bertz CT molecular complexity index is 294. The minimum atomic E-state index is 0.515. The van der Waals surface area contributed by atoms with E-state index < -0.39 is 0 Å². The van der Waals surface area contributed by atoms with E-state index >= 15 is 0 Å². The molecule has 13 heavy (non-hydrogen) atoms. The Morgan fingerprint density at radius 1 is 1.46 bits per heavy atom. The van der Waals surface area contributed by atoms with Crippen molar-refractivity contribution in [3.63, 3.8) is 0 Å². The van der Waals surface area contributed by atoms with E-state index in [9.17, 15) is 4.79 Å². The largest absolute Gasteiger partial charge is 0.497 e. The van der Waals surface area contributed by atoms with Crippen LogP contribution in [0.2, 0.25) is 0 Å².